The van der Waals surface area contributed by atoms with Crippen molar-refractivity contribution in [1.29, 1.82) is 0 Å². The Kier molecular flexibility index (Phi) is 6.76. The van der Waals surface area contributed by atoms with Crippen LogP contribution in [0.3, 0.4) is 0 Å². The zero-order chi connectivity index (χ0) is 21.8. The van der Waals surface area contributed by atoms with Gasteiger partial charge >= 0.3 is 6.18 Å². The first kappa shape index (κ1) is 22.1. The Labute approximate surface area is 167 Å². The SMILES string of the molecule is CCO/C=C(/C(=O)c1ccc(Cl)cc1)C(=O)c1ccc(C(F)(F)F)cc1[N+](=O)[O-]. The van der Waals surface area contributed by atoms with Crippen LogP contribution in [0.1, 0.15) is 33.2 Å². The minimum absolute atomic E-state index is 0.0447. The Morgan fingerprint density at radius 3 is 2.28 bits per heavy atom. The number of hydrogen-bond donors (Lipinski definition) is 0. The van der Waals surface area contributed by atoms with Crippen LogP contribution in [0.2, 0.25) is 5.02 Å². The Morgan fingerprint density at radius 2 is 1.76 bits per heavy atom. The summed E-state index contributed by atoms with van der Waals surface area (Å²) < 4.78 is 43.6. The second-order valence-corrected chi connectivity index (χ2v) is 6.08. The lowest BCUT2D eigenvalue weighted by Gasteiger charge is -2.10. The maximum atomic E-state index is 12.9. The van der Waals surface area contributed by atoms with E-state index < -0.39 is 45.1 Å². The van der Waals surface area contributed by atoms with E-state index in [-0.39, 0.29) is 18.2 Å². The number of carbonyl (C=O) groups is 2. The van der Waals surface area contributed by atoms with Gasteiger partial charge in [0.25, 0.3) is 5.69 Å². The van der Waals surface area contributed by atoms with Crippen LogP contribution >= 0.6 is 11.6 Å². The van der Waals surface area contributed by atoms with Crippen molar-refractivity contribution in [2.45, 2.75) is 13.1 Å². The van der Waals surface area contributed by atoms with E-state index in [1.165, 1.54) is 24.3 Å². The van der Waals surface area contributed by atoms with Crippen molar-refractivity contribution in [3.8, 4) is 0 Å². The van der Waals surface area contributed by atoms with Crippen molar-refractivity contribution < 1.29 is 32.4 Å². The molecule has 0 saturated heterocycles. The van der Waals surface area contributed by atoms with Crippen LogP contribution in [0.15, 0.2) is 54.3 Å². The Hall–Kier alpha value is -3.20. The average molecular weight is 428 g/mol. The zero-order valence-electron chi connectivity index (χ0n) is 14.8. The van der Waals surface area contributed by atoms with Crippen molar-refractivity contribution in [3.05, 3.63) is 86.1 Å². The highest BCUT2D eigenvalue weighted by atomic mass is 35.5. The molecule has 0 fully saturated rings. The number of alkyl halides is 3. The third-order valence-corrected chi connectivity index (χ3v) is 3.98. The fourth-order valence-electron chi connectivity index (χ4n) is 2.33. The van der Waals surface area contributed by atoms with Crippen LogP contribution in [0.4, 0.5) is 18.9 Å². The summed E-state index contributed by atoms with van der Waals surface area (Å²) in [6.45, 7) is 1.66. The summed E-state index contributed by atoms with van der Waals surface area (Å²) in [5.41, 5.74) is -3.56. The van der Waals surface area contributed by atoms with E-state index in [4.69, 9.17) is 16.3 Å². The highest BCUT2D eigenvalue weighted by molar-refractivity contribution is 6.32. The number of hydrogen-bond acceptors (Lipinski definition) is 5. The molecule has 0 aliphatic carbocycles. The normalized spacial score (nSPS) is 11.8. The van der Waals surface area contributed by atoms with Crippen LogP contribution < -0.4 is 0 Å². The molecule has 0 amide bonds. The van der Waals surface area contributed by atoms with Crippen LogP contribution in [-0.2, 0) is 10.9 Å². The molecule has 2 rings (SSSR count). The molecule has 0 unspecified atom stereocenters. The number of allylic oxidation sites excluding steroid dienone is 1. The molecule has 0 spiro atoms. The molecule has 6 nitrogen and oxygen atoms in total. The summed E-state index contributed by atoms with van der Waals surface area (Å²) in [5, 5.41) is 11.6. The third-order valence-electron chi connectivity index (χ3n) is 3.73. The van der Waals surface area contributed by atoms with Gasteiger partial charge in [-0.15, -0.1) is 0 Å². The van der Waals surface area contributed by atoms with E-state index in [1.807, 2.05) is 0 Å². The molecule has 0 atom stereocenters. The van der Waals surface area contributed by atoms with Crippen molar-refractivity contribution in [2.24, 2.45) is 0 Å². The number of ketones is 2. The number of benzene rings is 2. The van der Waals surface area contributed by atoms with Gasteiger partial charge in [0.05, 0.1) is 23.4 Å². The van der Waals surface area contributed by atoms with E-state index in [9.17, 15) is 32.9 Å². The molecule has 0 saturated carbocycles. The lowest BCUT2D eigenvalue weighted by Crippen LogP contribution is -2.16. The predicted octanol–water partition coefficient (Wildman–Crippen LogP) is 5.25. The molecule has 152 valence electrons. The number of carbonyl (C=O) groups excluding carboxylic acids is 2. The Morgan fingerprint density at radius 1 is 1.14 bits per heavy atom. The minimum atomic E-state index is -4.84. The summed E-state index contributed by atoms with van der Waals surface area (Å²) >= 11 is 5.76. The molecular formula is C19H13ClF3NO5. The van der Waals surface area contributed by atoms with Crippen molar-refractivity contribution in [2.75, 3.05) is 6.61 Å². The van der Waals surface area contributed by atoms with E-state index in [0.29, 0.717) is 17.2 Å². The largest absolute Gasteiger partial charge is 0.501 e. The number of halogens is 4. The first-order valence-electron chi connectivity index (χ1n) is 8.08. The first-order chi connectivity index (χ1) is 13.6. The summed E-state index contributed by atoms with van der Waals surface area (Å²) in [6, 6.07) is 6.91. The van der Waals surface area contributed by atoms with E-state index in [0.717, 1.165) is 6.26 Å². The van der Waals surface area contributed by atoms with Crippen LogP contribution in [-0.4, -0.2) is 23.1 Å². The zero-order valence-corrected chi connectivity index (χ0v) is 15.6. The van der Waals surface area contributed by atoms with Gasteiger partial charge in [0.2, 0.25) is 5.78 Å². The van der Waals surface area contributed by atoms with Crippen molar-refractivity contribution in [3.63, 3.8) is 0 Å². The molecule has 2 aromatic carbocycles. The first-order valence-corrected chi connectivity index (χ1v) is 8.46. The minimum Gasteiger partial charge on any atom is -0.501 e. The highest BCUT2D eigenvalue weighted by Crippen LogP contribution is 2.34. The maximum absolute atomic E-state index is 12.9. The van der Waals surface area contributed by atoms with Gasteiger partial charge < -0.3 is 4.74 Å². The maximum Gasteiger partial charge on any atom is 0.416 e. The third kappa shape index (κ3) is 5.20. The molecular weight excluding hydrogens is 415 g/mol. The topological polar surface area (TPSA) is 86.5 Å². The molecule has 0 aromatic heterocycles. The molecule has 0 N–H and O–H groups in total. The number of rotatable bonds is 7. The highest BCUT2D eigenvalue weighted by Gasteiger charge is 2.35. The van der Waals surface area contributed by atoms with Gasteiger partial charge in [0, 0.05) is 16.7 Å². The fraction of sp³-hybridized carbons (Fsp3) is 0.158. The quantitative estimate of drug-likeness (QED) is 0.114. The molecule has 0 bridgehead atoms. The van der Waals surface area contributed by atoms with Gasteiger partial charge in [-0.3, -0.25) is 19.7 Å². The van der Waals surface area contributed by atoms with E-state index in [1.54, 1.807) is 6.92 Å². The number of Topliss-reactive ketones (excluding diaryl/α,β-unsaturated/α-hetero) is 2. The number of ether oxygens (including phenoxy) is 1. The van der Waals surface area contributed by atoms with Gasteiger partial charge in [-0.2, -0.15) is 13.2 Å². The average Bonchev–Trinajstić information content (AvgIpc) is 2.67. The molecule has 0 radical (unpaired) electrons. The Balaban J connectivity index is 2.55. The summed E-state index contributed by atoms with van der Waals surface area (Å²) in [6.07, 6.45) is -4.00. The number of nitrogens with zero attached hydrogens (tertiary/aromatic N) is 1. The van der Waals surface area contributed by atoms with Gasteiger partial charge in [-0.05, 0) is 43.3 Å². The summed E-state index contributed by atoms with van der Waals surface area (Å²) in [4.78, 5) is 35.7. The van der Waals surface area contributed by atoms with Crippen molar-refractivity contribution in [1.82, 2.24) is 0 Å². The van der Waals surface area contributed by atoms with Gasteiger partial charge in [-0.1, -0.05) is 11.6 Å². The van der Waals surface area contributed by atoms with Crippen LogP contribution in [0, 0.1) is 10.1 Å². The monoisotopic (exact) mass is 427 g/mol. The molecule has 0 aliphatic rings. The lowest BCUT2D eigenvalue weighted by molar-refractivity contribution is -0.385. The van der Waals surface area contributed by atoms with Gasteiger partial charge in [0.1, 0.15) is 11.1 Å². The van der Waals surface area contributed by atoms with E-state index in [2.05, 4.69) is 0 Å². The number of nitro benzene ring substituents is 1. The lowest BCUT2D eigenvalue weighted by atomic mass is 9.95. The summed E-state index contributed by atoms with van der Waals surface area (Å²) in [5.74, 6) is -1.96. The molecule has 29 heavy (non-hydrogen) atoms. The summed E-state index contributed by atoms with van der Waals surface area (Å²) in [7, 11) is 0. The number of nitro groups is 1. The second kappa shape index (κ2) is 8.87. The van der Waals surface area contributed by atoms with Crippen molar-refractivity contribution >= 4 is 28.9 Å². The van der Waals surface area contributed by atoms with Crippen LogP contribution in [0.25, 0.3) is 0 Å². The smallest absolute Gasteiger partial charge is 0.416 e. The molecule has 0 heterocycles. The standard InChI is InChI=1S/C19H13ClF3NO5/c1-2-29-10-15(17(25)11-3-6-13(20)7-4-11)18(26)14-8-5-12(19(21,22)23)9-16(14)24(27)28/h3-10H,2H2,1H3/b15-10-. The molecule has 2 aromatic rings. The predicted molar refractivity (Wildman–Crippen MR) is 97.9 cm³/mol. The molecule has 10 heteroatoms. The molecule has 0 aliphatic heterocycles. The van der Waals surface area contributed by atoms with Gasteiger partial charge in [0.15, 0.2) is 5.78 Å². The second-order valence-electron chi connectivity index (χ2n) is 5.64. The van der Waals surface area contributed by atoms with E-state index >= 15 is 0 Å². The fourth-order valence-corrected chi connectivity index (χ4v) is 2.46. The van der Waals surface area contributed by atoms with Gasteiger partial charge in [-0.25, -0.2) is 0 Å². The van der Waals surface area contributed by atoms with Crippen LogP contribution in [0.5, 0.6) is 0 Å². The Bertz CT molecular complexity index is 984.